The van der Waals surface area contributed by atoms with Gasteiger partial charge in [-0.05, 0) is 18.8 Å². The Balaban J connectivity index is 1.75. The van der Waals surface area contributed by atoms with Gasteiger partial charge in [0.1, 0.15) is 23.9 Å². The minimum atomic E-state index is -1.10. The maximum atomic E-state index is 14.1. The molecule has 3 atom stereocenters. The molecular formula is C18H25FN8O. The standard InChI is InChI=1S/C18H25FN8O/c1-11-2-4-26(8-11)16-15(12(6-20)7-21)22-10-27-17(16)24-18(25-27)23-14-3-5-28-9-13(14)19/h6-7,10-11,13-14,20H,2-5,8-9,21H2,1H3,(H,23,25)/b12-7+,20-6?. The number of halogens is 1. The van der Waals surface area contributed by atoms with Crippen LogP contribution in [0.15, 0.2) is 12.5 Å². The molecule has 2 saturated heterocycles. The minimum Gasteiger partial charge on any atom is -0.404 e. The first-order valence-corrected chi connectivity index (χ1v) is 9.52. The predicted molar refractivity (Wildman–Crippen MR) is 105 cm³/mol. The van der Waals surface area contributed by atoms with Gasteiger partial charge in [0.15, 0.2) is 5.65 Å². The molecule has 28 heavy (non-hydrogen) atoms. The number of aromatic nitrogens is 4. The molecule has 2 aromatic rings. The molecule has 0 aromatic carbocycles. The van der Waals surface area contributed by atoms with Crippen molar-refractivity contribution < 1.29 is 9.13 Å². The molecule has 0 radical (unpaired) electrons. The molecule has 0 spiro atoms. The third kappa shape index (κ3) is 3.39. The van der Waals surface area contributed by atoms with Gasteiger partial charge in [-0.3, -0.25) is 0 Å². The van der Waals surface area contributed by atoms with Gasteiger partial charge in [0.25, 0.3) is 0 Å². The predicted octanol–water partition coefficient (Wildman–Crippen LogP) is 1.46. The highest BCUT2D eigenvalue weighted by atomic mass is 19.1. The molecule has 3 unspecified atom stereocenters. The van der Waals surface area contributed by atoms with Gasteiger partial charge in [-0.25, -0.2) is 9.37 Å². The van der Waals surface area contributed by atoms with Crippen LogP contribution < -0.4 is 16.0 Å². The quantitative estimate of drug-likeness (QED) is 0.664. The van der Waals surface area contributed by atoms with Crippen LogP contribution in [0, 0.1) is 11.3 Å². The van der Waals surface area contributed by atoms with Crippen molar-refractivity contribution in [2.75, 3.05) is 36.5 Å². The summed E-state index contributed by atoms with van der Waals surface area (Å²) in [5.74, 6) is 0.906. The number of hydrogen-bond acceptors (Lipinski definition) is 8. The van der Waals surface area contributed by atoms with Crippen molar-refractivity contribution in [2.24, 2.45) is 11.7 Å². The average Bonchev–Trinajstić information content (AvgIpc) is 3.30. The number of rotatable bonds is 5. The van der Waals surface area contributed by atoms with Gasteiger partial charge in [0.2, 0.25) is 5.95 Å². The monoisotopic (exact) mass is 388 g/mol. The van der Waals surface area contributed by atoms with E-state index in [4.69, 9.17) is 15.9 Å². The number of fused-ring (bicyclic) bond motifs is 1. The topological polar surface area (TPSA) is 117 Å². The fourth-order valence-electron chi connectivity index (χ4n) is 3.77. The van der Waals surface area contributed by atoms with E-state index in [1.165, 1.54) is 12.4 Å². The van der Waals surface area contributed by atoms with Gasteiger partial charge in [-0.15, -0.1) is 5.10 Å². The Hall–Kier alpha value is -2.75. The number of hydrogen-bond donors (Lipinski definition) is 3. The Morgan fingerprint density at radius 3 is 3.00 bits per heavy atom. The van der Waals surface area contributed by atoms with E-state index in [1.807, 2.05) is 0 Å². The van der Waals surface area contributed by atoms with Gasteiger partial charge in [-0.2, -0.15) is 9.50 Å². The van der Waals surface area contributed by atoms with Crippen molar-refractivity contribution in [2.45, 2.75) is 32.0 Å². The minimum absolute atomic E-state index is 0.0810. The van der Waals surface area contributed by atoms with Crippen molar-refractivity contribution in [3.05, 3.63) is 18.2 Å². The van der Waals surface area contributed by atoms with E-state index >= 15 is 0 Å². The van der Waals surface area contributed by atoms with Crippen molar-refractivity contribution in [1.82, 2.24) is 19.6 Å². The maximum absolute atomic E-state index is 14.1. The van der Waals surface area contributed by atoms with Crippen LogP contribution in [0.2, 0.25) is 0 Å². The van der Waals surface area contributed by atoms with Gasteiger partial charge < -0.3 is 26.1 Å². The summed E-state index contributed by atoms with van der Waals surface area (Å²) in [6, 6.07) is -0.380. The lowest BCUT2D eigenvalue weighted by molar-refractivity contribution is 0.0284. The first-order valence-electron chi connectivity index (χ1n) is 9.52. The number of alkyl halides is 1. The zero-order chi connectivity index (χ0) is 19.7. The smallest absolute Gasteiger partial charge is 0.243 e. The van der Waals surface area contributed by atoms with E-state index in [0.717, 1.165) is 25.2 Å². The number of nitrogens with one attached hydrogen (secondary N) is 2. The molecule has 4 rings (SSSR count). The summed E-state index contributed by atoms with van der Waals surface area (Å²) < 4.78 is 20.8. The summed E-state index contributed by atoms with van der Waals surface area (Å²) in [5, 5.41) is 15.2. The number of nitrogens with two attached hydrogens (primary N) is 1. The zero-order valence-electron chi connectivity index (χ0n) is 15.8. The summed E-state index contributed by atoms with van der Waals surface area (Å²) in [4.78, 5) is 11.3. The number of ether oxygens (including phenoxy) is 1. The third-order valence-electron chi connectivity index (χ3n) is 5.31. The summed E-state index contributed by atoms with van der Waals surface area (Å²) in [5.41, 5.74) is 8.26. The van der Waals surface area contributed by atoms with E-state index < -0.39 is 6.17 Å². The van der Waals surface area contributed by atoms with Crippen LogP contribution in [0.4, 0.5) is 16.0 Å². The highest BCUT2D eigenvalue weighted by Crippen LogP contribution is 2.33. The van der Waals surface area contributed by atoms with E-state index in [-0.39, 0.29) is 12.6 Å². The number of allylic oxidation sites excluding steroid dienone is 1. The molecule has 2 fully saturated rings. The van der Waals surface area contributed by atoms with Crippen molar-refractivity contribution >= 4 is 29.1 Å². The van der Waals surface area contributed by atoms with Crippen molar-refractivity contribution in [3.63, 3.8) is 0 Å². The van der Waals surface area contributed by atoms with Crippen molar-refractivity contribution in [1.29, 1.82) is 5.41 Å². The molecule has 2 aliphatic heterocycles. The normalized spacial score (nSPS) is 26.0. The molecule has 4 heterocycles. The fraction of sp³-hybridized carbons (Fsp3) is 0.556. The Kier molecular flexibility index (Phi) is 5.12. The fourth-order valence-corrected chi connectivity index (χ4v) is 3.77. The molecule has 0 aliphatic carbocycles. The van der Waals surface area contributed by atoms with E-state index in [9.17, 15) is 4.39 Å². The van der Waals surface area contributed by atoms with E-state index in [0.29, 0.717) is 41.8 Å². The average molecular weight is 388 g/mol. The van der Waals surface area contributed by atoms with Crippen LogP contribution in [0.3, 0.4) is 0 Å². The third-order valence-corrected chi connectivity index (χ3v) is 5.31. The number of nitrogens with zero attached hydrogens (tertiary/aromatic N) is 5. The second-order valence-corrected chi connectivity index (χ2v) is 7.38. The van der Waals surface area contributed by atoms with Crippen molar-refractivity contribution in [3.8, 4) is 0 Å². The Bertz CT molecular complexity index is 897. The van der Waals surface area contributed by atoms with Crippen LogP contribution >= 0.6 is 0 Å². The van der Waals surface area contributed by atoms with E-state index in [1.54, 1.807) is 10.8 Å². The molecule has 9 nitrogen and oxygen atoms in total. The first-order chi connectivity index (χ1) is 13.6. The Morgan fingerprint density at radius 1 is 1.46 bits per heavy atom. The summed E-state index contributed by atoms with van der Waals surface area (Å²) in [6.07, 6.45) is 4.64. The number of anilines is 2. The van der Waals surface area contributed by atoms with Crippen LogP contribution in [-0.2, 0) is 4.74 Å². The molecule has 2 aliphatic rings. The van der Waals surface area contributed by atoms with Gasteiger partial charge >= 0.3 is 0 Å². The second-order valence-electron chi connectivity index (χ2n) is 7.38. The van der Waals surface area contributed by atoms with Crippen LogP contribution in [0.1, 0.15) is 25.5 Å². The molecule has 4 N–H and O–H groups in total. The highest BCUT2D eigenvalue weighted by Gasteiger charge is 2.29. The molecule has 0 saturated carbocycles. The summed E-state index contributed by atoms with van der Waals surface area (Å²) in [7, 11) is 0. The Labute approximate surface area is 162 Å². The lowest BCUT2D eigenvalue weighted by atomic mass is 10.1. The van der Waals surface area contributed by atoms with Gasteiger partial charge in [0.05, 0.1) is 12.6 Å². The summed E-state index contributed by atoms with van der Waals surface area (Å²) >= 11 is 0. The molecular weight excluding hydrogens is 363 g/mol. The van der Waals surface area contributed by atoms with Crippen LogP contribution in [-0.4, -0.2) is 64.3 Å². The SMILES string of the molecule is CC1CCN(c2c(/C(C=N)=C/N)ncn3nc(NC4CCOCC4F)nc23)C1. The summed E-state index contributed by atoms with van der Waals surface area (Å²) in [6.45, 7) is 4.53. The largest absolute Gasteiger partial charge is 0.404 e. The molecule has 10 heteroatoms. The van der Waals surface area contributed by atoms with Crippen LogP contribution in [0.5, 0.6) is 0 Å². The molecule has 0 bridgehead atoms. The maximum Gasteiger partial charge on any atom is 0.243 e. The van der Waals surface area contributed by atoms with Gasteiger partial charge in [-0.1, -0.05) is 6.92 Å². The van der Waals surface area contributed by atoms with Gasteiger partial charge in [0, 0.05) is 37.7 Å². The first kappa shape index (κ1) is 18.6. The lowest BCUT2D eigenvalue weighted by Gasteiger charge is -2.26. The molecule has 0 amide bonds. The molecule has 2 aromatic heterocycles. The molecule has 150 valence electrons. The Morgan fingerprint density at radius 2 is 2.32 bits per heavy atom. The van der Waals surface area contributed by atoms with Crippen LogP contribution in [0.25, 0.3) is 11.2 Å². The second kappa shape index (κ2) is 7.70. The zero-order valence-corrected chi connectivity index (χ0v) is 15.8. The van der Waals surface area contributed by atoms with E-state index in [2.05, 4.69) is 32.2 Å². The highest BCUT2D eigenvalue weighted by molar-refractivity contribution is 6.10. The lowest BCUT2D eigenvalue weighted by Crippen LogP contribution is -2.39.